The molecule has 158 valence electrons. The molecule has 0 bridgehead atoms. The third-order valence-corrected chi connectivity index (χ3v) is 7.07. The molecular formula is C23H34N4OS. The molecule has 0 spiro atoms. The predicted molar refractivity (Wildman–Crippen MR) is 120 cm³/mol. The molecule has 2 aliphatic heterocycles. The summed E-state index contributed by atoms with van der Waals surface area (Å²) in [5.74, 6) is 0.917. The summed E-state index contributed by atoms with van der Waals surface area (Å²) in [6.45, 7) is 8.11. The molecule has 2 aliphatic rings. The maximum atomic E-state index is 12.5. The third kappa shape index (κ3) is 4.58. The number of benzene rings is 1. The van der Waals surface area contributed by atoms with Gasteiger partial charge in [0, 0.05) is 39.1 Å². The number of amides is 1. The zero-order valence-electron chi connectivity index (χ0n) is 17.7. The summed E-state index contributed by atoms with van der Waals surface area (Å²) in [6.07, 6.45) is 7.64. The minimum absolute atomic E-state index is 0.377. The number of aryl methyl sites for hydroxylation is 1. The Morgan fingerprint density at radius 2 is 1.69 bits per heavy atom. The van der Waals surface area contributed by atoms with E-state index >= 15 is 0 Å². The van der Waals surface area contributed by atoms with Crippen molar-refractivity contribution in [2.45, 2.75) is 65.1 Å². The van der Waals surface area contributed by atoms with Crippen molar-refractivity contribution in [2.24, 2.45) is 5.92 Å². The largest absolute Gasteiger partial charge is 0.343 e. The maximum Gasteiger partial charge on any atom is 0.222 e. The Hall–Kier alpha value is -1.66. The number of nitrogens with zero attached hydrogens (tertiary/aromatic N) is 4. The van der Waals surface area contributed by atoms with Crippen LogP contribution in [-0.4, -0.2) is 51.0 Å². The van der Waals surface area contributed by atoms with Crippen LogP contribution in [0.4, 0.5) is 0 Å². The van der Waals surface area contributed by atoms with Crippen LogP contribution in [0, 0.1) is 10.7 Å². The number of rotatable bonds is 7. The van der Waals surface area contributed by atoms with E-state index in [2.05, 4.69) is 50.1 Å². The highest BCUT2D eigenvalue weighted by molar-refractivity contribution is 7.71. The molecule has 0 unspecified atom stereocenters. The van der Waals surface area contributed by atoms with Gasteiger partial charge >= 0.3 is 0 Å². The van der Waals surface area contributed by atoms with Crippen molar-refractivity contribution in [1.82, 2.24) is 18.9 Å². The number of imidazole rings is 1. The number of aromatic nitrogens is 2. The quantitative estimate of drug-likeness (QED) is 0.618. The lowest BCUT2D eigenvalue weighted by Gasteiger charge is -2.32. The van der Waals surface area contributed by atoms with E-state index in [0.717, 1.165) is 69.8 Å². The Kier molecular flexibility index (Phi) is 6.70. The van der Waals surface area contributed by atoms with Gasteiger partial charge in [0.05, 0.1) is 17.7 Å². The number of hydrogen-bond donors (Lipinski definition) is 0. The number of fused-ring (bicyclic) bond motifs is 1. The predicted octanol–water partition coefficient (Wildman–Crippen LogP) is 4.65. The monoisotopic (exact) mass is 414 g/mol. The number of unbranched alkanes of at least 4 members (excludes halogenated alkanes) is 1. The molecule has 4 rings (SSSR count). The number of piperidine rings is 1. The second-order valence-corrected chi connectivity index (χ2v) is 9.06. The van der Waals surface area contributed by atoms with Crippen molar-refractivity contribution >= 4 is 29.2 Å². The van der Waals surface area contributed by atoms with Gasteiger partial charge in [-0.1, -0.05) is 25.5 Å². The van der Waals surface area contributed by atoms with Gasteiger partial charge in [-0.25, -0.2) is 0 Å². The first-order valence-corrected chi connectivity index (χ1v) is 11.8. The molecule has 1 aromatic heterocycles. The van der Waals surface area contributed by atoms with Crippen molar-refractivity contribution < 1.29 is 4.79 Å². The molecule has 0 aliphatic carbocycles. The van der Waals surface area contributed by atoms with E-state index in [9.17, 15) is 4.79 Å². The minimum atomic E-state index is 0.377. The molecule has 0 saturated carbocycles. The normalized spacial score (nSPS) is 18.7. The average Bonchev–Trinajstić information content (AvgIpc) is 3.36. The van der Waals surface area contributed by atoms with E-state index < -0.39 is 0 Å². The fourth-order valence-corrected chi connectivity index (χ4v) is 5.16. The number of carbonyl (C=O) groups excluding carboxylic acids is 1. The van der Waals surface area contributed by atoms with Crippen LogP contribution in [-0.2, 0) is 18.0 Å². The zero-order valence-corrected chi connectivity index (χ0v) is 18.5. The van der Waals surface area contributed by atoms with Crippen LogP contribution in [0.15, 0.2) is 24.3 Å². The molecule has 6 heteroatoms. The second-order valence-electron chi connectivity index (χ2n) is 8.70. The fourth-order valence-electron chi connectivity index (χ4n) is 4.82. The third-order valence-electron chi connectivity index (χ3n) is 6.63. The topological polar surface area (TPSA) is 33.4 Å². The Labute approximate surface area is 179 Å². The maximum absolute atomic E-state index is 12.5. The number of hydrogen-bond acceptors (Lipinski definition) is 3. The van der Waals surface area contributed by atoms with Gasteiger partial charge in [0.2, 0.25) is 5.91 Å². The van der Waals surface area contributed by atoms with E-state index in [1.807, 2.05) is 0 Å². The molecule has 2 fully saturated rings. The molecule has 0 N–H and O–H groups in total. The first-order chi connectivity index (χ1) is 14.2. The van der Waals surface area contributed by atoms with Gasteiger partial charge in [0.1, 0.15) is 0 Å². The van der Waals surface area contributed by atoms with Crippen LogP contribution >= 0.6 is 12.2 Å². The van der Waals surface area contributed by atoms with Crippen LogP contribution in [0.5, 0.6) is 0 Å². The van der Waals surface area contributed by atoms with Crippen LogP contribution in [0.25, 0.3) is 11.0 Å². The van der Waals surface area contributed by atoms with Crippen LogP contribution in [0.2, 0.25) is 0 Å². The summed E-state index contributed by atoms with van der Waals surface area (Å²) in [7, 11) is 0. The van der Waals surface area contributed by atoms with Gasteiger partial charge in [-0.05, 0) is 62.4 Å². The van der Waals surface area contributed by atoms with Crippen molar-refractivity contribution in [3.8, 4) is 0 Å². The van der Waals surface area contributed by atoms with E-state index in [1.54, 1.807) is 0 Å². The minimum Gasteiger partial charge on any atom is -0.343 e. The van der Waals surface area contributed by atoms with Crippen molar-refractivity contribution in [3.63, 3.8) is 0 Å². The lowest BCUT2D eigenvalue weighted by molar-refractivity contribution is -0.131. The molecule has 2 aromatic rings. The van der Waals surface area contributed by atoms with E-state index in [0.29, 0.717) is 11.8 Å². The number of carbonyl (C=O) groups is 1. The van der Waals surface area contributed by atoms with Crippen LogP contribution in [0.1, 0.15) is 51.9 Å². The highest BCUT2D eigenvalue weighted by Crippen LogP contribution is 2.25. The molecular weight excluding hydrogens is 380 g/mol. The van der Waals surface area contributed by atoms with Gasteiger partial charge in [0.25, 0.3) is 0 Å². The zero-order chi connectivity index (χ0) is 20.2. The Balaban J connectivity index is 1.39. The Morgan fingerprint density at radius 1 is 1.03 bits per heavy atom. The van der Waals surface area contributed by atoms with Gasteiger partial charge in [-0.3, -0.25) is 9.69 Å². The average molecular weight is 415 g/mol. The summed E-state index contributed by atoms with van der Waals surface area (Å²) in [4.78, 5) is 17.0. The summed E-state index contributed by atoms with van der Waals surface area (Å²) >= 11 is 5.87. The second kappa shape index (κ2) is 9.43. The Bertz CT molecular complexity index is 888. The summed E-state index contributed by atoms with van der Waals surface area (Å²) < 4.78 is 5.54. The van der Waals surface area contributed by atoms with Crippen molar-refractivity contribution in [3.05, 3.63) is 29.0 Å². The van der Waals surface area contributed by atoms with Gasteiger partial charge in [-0.2, -0.15) is 0 Å². The SMILES string of the molecule is CCCCn1c(=S)n(CN2CCC(CC(=O)N3CCCC3)CC2)c2ccccc21. The summed E-state index contributed by atoms with van der Waals surface area (Å²) in [5, 5.41) is 0. The molecule has 1 aromatic carbocycles. The fraction of sp³-hybridized carbons (Fsp3) is 0.652. The summed E-state index contributed by atoms with van der Waals surface area (Å²) in [6, 6.07) is 8.59. The molecule has 1 amide bonds. The van der Waals surface area contributed by atoms with Crippen LogP contribution in [0.3, 0.4) is 0 Å². The van der Waals surface area contributed by atoms with Crippen LogP contribution < -0.4 is 0 Å². The van der Waals surface area contributed by atoms with Gasteiger partial charge in [-0.15, -0.1) is 0 Å². The van der Waals surface area contributed by atoms with Gasteiger partial charge < -0.3 is 14.0 Å². The highest BCUT2D eigenvalue weighted by atomic mass is 32.1. The number of para-hydroxylation sites is 2. The number of likely N-dealkylation sites (tertiary alicyclic amines) is 2. The summed E-state index contributed by atoms with van der Waals surface area (Å²) in [5.41, 5.74) is 2.48. The van der Waals surface area contributed by atoms with E-state index in [-0.39, 0.29) is 0 Å². The van der Waals surface area contributed by atoms with Crippen molar-refractivity contribution in [1.29, 1.82) is 0 Å². The molecule has 2 saturated heterocycles. The smallest absolute Gasteiger partial charge is 0.222 e. The standard InChI is InChI=1S/C23H34N4OS/c1-2-3-14-26-20-8-4-5-9-21(20)27(23(26)29)18-24-15-10-19(11-16-24)17-22(28)25-12-6-7-13-25/h4-5,8-9,19H,2-3,6-7,10-18H2,1H3. The molecule has 29 heavy (non-hydrogen) atoms. The highest BCUT2D eigenvalue weighted by Gasteiger charge is 2.25. The van der Waals surface area contributed by atoms with Crippen molar-refractivity contribution in [2.75, 3.05) is 26.2 Å². The molecule has 0 radical (unpaired) electrons. The van der Waals surface area contributed by atoms with E-state index in [4.69, 9.17) is 12.2 Å². The Morgan fingerprint density at radius 3 is 2.34 bits per heavy atom. The first-order valence-electron chi connectivity index (χ1n) is 11.4. The lowest BCUT2D eigenvalue weighted by atomic mass is 9.93. The van der Waals surface area contributed by atoms with E-state index in [1.165, 1.54) is 30.3 Å². The van der Waals surface area contributed by atoms with Gasteiger partial charge in [0.15, 0.2) is 4.77 Å². The molecule has 5 nitrogen and oxygen atoms in total. The molecule has 3 heterocycles. The first kappa shape index (κ1) is 20.6. The molecule has 0 atom stereocenters. The lowest BCUT2D eigenvalue weighted by Crippen LogP contribution is -2.37.